The standard InChI is InChI=1S/C13H21BrO2/c1-10(2,3)16-9(15)11(4,5)12-6-13(14,7-12)8-12/h6-8H2,1-5H3. The molecule has 3 aliphatic rings. The highest BCUT2D eigenvalue weighted by atomic mass is 79.9. The molecule has 2 nitrogen and oxygen atoms in total. The van der Waals surface area contributed by atoms with Gasteiger partial charge in [-0.1, -0.05) is 15.9 Å². The molecule has 0 aliphatic heterocycles. The van der Waals surface area contributed by atoms with E-state index in [9.17, 15) is 4.79 Å². The Balaban J connectivity index is 2.06. The summed E-state index contributed by atoms with van der Waals surface area (Å²) in [4.78, 5) is 12.2. The Kier molecular flexibility index (Phi) is 2.36. The van der Waals surface area contributed by atoms with Gasteiger partial charge in [0.1, 0.15) is 5.60 Å². The Morgan fingerprint density at radius 1 is 1.12 bits per heavy atom. The lowest BCUT2D eigenvalue weighted by atomic mass is 9.36. The first-order chi connectivity index (χ1) is 7.00. The van der Waals surface area contributed by atoms with Gasteiger partial charge in [0.25, 0.3) is 0 Å². The highest BCUT2D eigenvalue weighted by molar-refractivity contribution is 9.10. The minimum atomic E-state index is -0.385. The normalized spacial score (nSPS) is 37.4. The summed E-state index contributed by atoms with van der Waals surface area (Å²) in [6.07, 6.45) is 3.35. The number of esters is 1. The van der Waals surface area contributed by atoms with Gasteiger partial charge >= 0.3 is 5.97 Å². The SMILES string of the molecule is CC(C)(C)OC(=O)C(C)(C)C12CC(Br)(C1)C2. The van der Waals surface area contributed by atoms with Gasteiger partial charge in [0.15, 0.2) is 0 Å². The zero-order valence-electron chi connectivity index (χ0n) is 10.8. The number of hydrogen-bond acceptors (Lipinski definition) is 2. The summed E-state index contributed by atoms with van der Waals surface area (Å²) in [5.41, 5.74) is -0.543. The molecule has 0 radical (unpaired) electrons. The molecule has 0 atom stereocenters. The molecule has 3 fully saturated rings. The molecule has 0 spiro atoms. The summed E-state index contributed by atoms with van der Waals surface area (Å²) in [6, 6.07) is 0. The smallest absolute Gasteiger partial charge is 0.312 e. The Morgan fingerprint density at radius 2 is 1.56 bits per heavy atom. The topological polar surface area (TPSA) is 26.3 Å². The fraction of sp³-hybridized carbons (Fsp3) is 0.923. The molecule has 0 aromatic heterocycles. The molecule has 0 amide bonds. The van der Waals surface area contributed by atoms with Gasteiger partial charge in [-0.05, 0) is 59.3 Å². The largest absolute Gasteiger partial charge is 0.460 e. The van der Waals surface area contributed by atoms with Crippen molar-refractivity contribution in [1.82, 2.24) is 0 Å². The van der Waals surface area contributed by atoms with Gasteiger partial charge in [0, 0.05) is 4.32 Å². The zero-order chi connectivity index (χ0) is 12.4. The fourth-order valence-corrected chi connectivity index (χ4v) is 4.56. The van der Waals surface area contributed by atoms with Crippen LogP contribution in [0.4, 0.5) is 0 Å². The van der Waals surface area contributed by atoms with Crippen LogP contribution in [-0.4, -0.2) is 15.9 Å². The van der Waals surface area contributed by atoms with Crippen LogP contribution in [0.15, 0.2) is 0 Å². The highest BCUT2D eigenvalue weighted by Gasteiger charge is 2.73. The first-order valence-electron chi connectivity index (χ1n) is 5.92. The third-order valence-electron chi connectivity index (χ3n) is 4.20. The Bertz CT molecular complexity index is 319. The summed E-state index contributed by atoms with van der Waals surface area (Å²) in [5, 5.41) is 0. The number of carbonyl (C=O) groups excluding carboxylic acids is 1. The molecular weight excluding hydrogens is 268 g/mol. The van der Waals surface area contributed by atoms with Crippen molar-refractivity contribution in [1.29, 1.82) is 0 Å². The van der Waals surface area contributed by atoms with Crippen LogP contribution in [0.5, 0.6) is 0 Å². The first-order valence-corrected chi connectivity index (χ1v) is 6.72. The van der Waals surface area contributed by atoms with Gasteiger partial charge in [-0.25, -0.2) is 0 Å². The summed E-state index contributed by atoms with van der Waals surface area (Å²) >= 11 is 3.72. The summed E-state index contributed by atoms with van der Waals surface area (Å²) in [7, 11) is 0. The quantitative estimate of drug-likeness (QED) is 0.572. The van der Waals surface area contributed by atoms with E-state index in [1.54, 1.807) is 0 Å². The van der Waals surface area contributed by atoms with Crippen LogP contribution in [0.3, 0.4) is 0 Å². The summed E-state index contributed by atoms with van der Waals surface area (Å²) in [5.74, 6) is -0.0470. The lowest BCUT2D eigenvalue weighted by Crippen LogP contribution is -2.70. The molecule has 0 N–H and O–H groups in total. The van der Waals surface area contributed by atoms with E-state index >= 15 is 0 Å². The molecule has 0 unspecified atom stereocenters. The second-order valence-electron chi connectivity index (χ2n) is 7.09. The summed E-state index contributed by atoms with van der Waals surface area (Å²) < 4.78 is 5.88. The molecule has 3 heteroatoms. The van der Waals surface area contributed by atoms with E-state index < -0.39 is 0 Å². The van der Waals surface area contributed by atoms with E-state index in [0.29, 0.717) is 4.32 Å². The Morgan fingerprint density at radius 3 is 1.88 bits per heavy atom. The second kappa shape index (κ2) is 3.04. The molecule has 3 rings (SSSR count). The maximum absolute atomic E-state index is 12.2. The van der Waals surface area contributed by atoms with Crippen LogP contribution >= 0.6 is 15.9 Å². The number of halogens is 1. The van der Waals surface area contributed by atoms with Crippen molar-refractivity contribution in [3.05, 3.63) is 0 Å². The van der Waals surface area contributed by atoms with Gasteiger partial charge in [-0.3, -0.25) is 4.79 Å². The van der Waals surface area contributed by atoms with Crippen molar-refractivity contribution in [2.75, 3.05) is 0 Å². The molecule has 0 aromatic rings. The molecule has 92 valence electrons. The lowest BCUT2D eigenvalue weighted by Gasteiger charge is -2.73. The number of ether oxygens (including phenoxy) is 1. The molecule has 16 heavy (non-hydrogen) atoms. The zero-order valence-corrected chi connectivity index (χ0v) is 12.4. The van der Waals surface area contributed by atoms with Crippen LogP contribution in [0.1, 0.15) is 53.9 Å². The van der Waals surface area contributed by atoms with Crippen molar-refractivity contribution in [3.8, 4) is 0 Å². The maximum atomic E-state index is 12.2. The monoisotopic (exact) mass is 288 g/mol. The molecule has 3 aliphatic carbocycles. The van der Waals surface area contributed by atoms with Crippen molar-refractivity contribution < 1.29 is 9.53 Å². The average Bonchev–Trinajstić information content (AvgIpc) is 1.93. The van der Waals surface area contributed by atoms with Crippen LogP contribution < -0.4 is 0 Å². The van der Waals surface area contributed by atoms with E-state index in [2.05, 4.69) is 15.9 Å². The third-order valence-corrected chi connectivity index (χ3v) is 5.04. The van der Waals surface area contributed by atoms with Crippen LogP contribution in [0, 0.1) is 10.8 Å². The van der Waals surface area contributed by atoms with Crippen molar-refractivity contribution in [2.45, 2.75) is 63.8 Å². The van der Waals surface area contributed by atoms with Crippen molar-refractivity contribution >= 4 is 21.9 Å². The van der Waals surface area contributed by atoms with Gasteiger partial charge < -0.3 is 4.74 Å². The minimum absolute atomic E-state index is 0.0470. The number of rotatable bonds is 2. The predicted molar refractivity (Wildman–Crippen MR) is 67.6 cm³/mol. The molecule has 0 aromatic carbocycles. The van der Waals surface area contributed by atoms with Crippen LogP contribution in [0.2, 0.25) is 0 Å². The molecule has 0 heterocycles. The van der Waals surface area contributed by atoms with E-state index in [0.717, 1.165) is 19.3 Å². The molecule has 0 saturated heterocycles. The van der Waals surface area contributed by atoms with Crippen molar-refractivity contribution in [2.24, 2.45) is 10.8 Å². The van der Waals surface area contributed by atoms with E-state index in [-0.39, 0.29) is 22.4 Å². The van der Waals surface area contributed by atoms with Crippen LogP contribution in [-0.2, 0) is 9.53 Å². The van der Waals surface area contributed by atoms with E-state index in [1.807, 2.05) is 34.6 Å². The van der Waals surface area contributed by atoms with Gasteiger partial charge in [-0.15, -0.1) is 0 Å². The number of hydrogen-bond donors (Lipinski definition) is 0. The maximum Gasteiger partial charge on any atom is 0.312 e. The van der Waals surface area contributed by atoms with Gasteiger partial charge in [-0.2, -0.15) is 0 Å². The summed E-state index contributed by atoms with van der Waals surface area (Å²) in [6.45, 7) is 9.85. The van der Waals surface area contributed by atoms with Gasteiger partial charge in [0.2, 0.25) is 0 Å². The highest BCUT2D eigenvalue weighted by Crippen LogP contribution is 2.77. The minimum Gasteiger partial charge on any atom is -0.460 e. The average molecular weight is 289 g/mol. The first kappa shape index (κ1) is 12.4. The number of alkyl halides is 1. The van der Waals surface area contributed by atoms with Gasteiger partial charge in [0.05, 0.1) is 5.41 Å². The fourth-order valence-electron chi connectivity index (χ4n) is 2.95. The molecular formula is C13H21BrO2. The Hall–Kier alpha value is -0.0500. The van der Waals surface area contributed by atoms with Crippen LogP contribution in [0.25, 0.3) is 0 Å². The Labute approximate surface area is 106 Å². The van der Waals surface area contributed by atoms with E-state index in [4.69, 9.17) is 4.74 Å². The number of carbonyl (C=O) groups is 1. The lowest BCUT2D eigenvalue weighted by molar-refractivity contribution is -0.206. The molecule has 2 bridgehead atoms. The predicted octanol–water partition coefficient (Wildman–Crippen LogP) is 3.67. The van der Waals surface area contributed by atoms with E-state index in [1.165, 1.54) is 0 Å². The molecule has 3 saturated carbocycles. The second-order valence-corrected chi connectivity index (χ2v) is 8.77. The van der Waals surface area contributed by atoms with Crippen molar-refractivity contribution in [3.63, 3.8) is 0 Å². The third kappa shape index (κ3) is 1.62.